The van der Waals surface area contributed by atoms with Gasteiger partial charge in [0.2, 0.25) is 0 Å². The maximum Gasteiger partial charge on any atom is 0.387 e. The highest BCUT2D eigenvalue weighted by molar-refractivity contribution is 5.75. The number of carbonyl (C=O) groups excluding carboxylic acids is 1. The normalized spacial score (nSPS) is 10.5. The average Bonchev–Trinajstić information content (AvgIpc) is 2.28. The standard InChI is InChI=1S/C11H12F3NO3/c1-2-17-8(16)5-6-3-4-7(12)9(15)10(6)18-11(13)14/h3-4,11H,2,5,15H2,1H3. The van der Waals surface area contributed by atoms with Crippen molar-refractivity contribution in [1.82, 2.24) is 0 Å². The molecule has 4 nitrogen and oxygen atoms in total. The van der Waals surface area contributed by atoms with Crippen molar-refractivity contribution in [2.45, 2.75) is 20.0 Å². The van der Waals surface area contributed by atoms with Gasteiger partial charge in [-0.25, -0.2) is 4.39 Å². The van der Waals surface area contributed by atoms with Crippen molar-refractivity contribution in [3.63, 3.8) is 0 Å². The molecule has 0 spiro atoms. The zero-order valence-electron chi connectivity index (χ0n) is 9.58. The number of benzene rings is 1. The second-order valence-electron chi connectivity index (χ2n) is 3.31. The lowest BCUT2D eigenvalue weighted by molar-refractivity contribution is -0.142. The van der Waals surface area contributed by atoms with Crippen molar-refractivity contribution in [3.05, 3.63) is 23.5 Å². The van der Waals surface area contributed by atoms with E-state index in [1.165, 1.54) is 0 Å². The number of halogens is 3. The Hall–Kier alpha value is -1.92. The maximum atomic E-state index is 13.1. The van der Waals surface area contributed by atoms with Gasteiger partial charge in [-0.1, -0.05) is 6.07 Å². The molecule has 0 saturated carbocycles. The van der Waals surface area contributed by atoms with E-state index < -0.39 is 29.8 Å². The van der Waals surface area contributed by atoms with Crippen molar-refractivity contribution < 1.29 is 27.4 Å². The predicted molar refractivity (Wildman–Crippen MR) is 57.8 cm³/mol. The molecular formula is C11H12F3NO3. The number of carbonyl (C=O) groups is 1. The number of hydrogen-bond acceptors (Lipinski definition) is 4. The van der Waals surface area contributed by atoms with Crippen LogP contribution >= 0.6 is 0 Å². The smallest absolute Gasteiger partial charge is 0.387 e. The van der Waals surface area contributed by atoms with Crippen LogP contribution in [0.2, 0.25) is 0 Å². The third kappa shape index (κ3) is 3.54. The van der Waals surface area contributed by atoms with Gasteiger partial charge in [0.05, 0.1) is 13.0 Å². The molecule has 0 unspecified atom stereocenters. The molecule has 100 valence electrons. The molecule has 0 aliphatic rings. The molecule has 0 heterocycles. The monoisotopic (exact) mass is 263 g/mol. The Kier molecular flexibility index (Phi) is 4.82. The van der Waals surface area contributed by atoms with Crippen LogP contribution in [0.15, 0.2) is 12.1 Å². The van der Waals surface area contributed by atoms with E-state index in [4.69, 9.17) is 5.73 Å². The fourth-order valence-electron chi connectivity index (χ4n) is 1.36. The quantitative estimate of drug-likeness (QED) is 0.653. The predicted octanol–water partition coefficient (Wildman–Crippen LogP) is 2.11. The molecule has 1 aromatic carbocycles. The molecule has 0 aliphatic carbocycles. The summed E-state index contributed by atoms with van der Waals surface area (Å²) in [6, 6.07) is 2.13. The summed E-state index contributed by atoms with van der Waals surface area (Å²) in [6.07, 6.45) is -0.319. The highest BCUT2D eigenvalue weighted by Gasteiger charge is 2.18. The van der Waals surface area contributed by atoms with E-state index in [1.54, 1.807) is 6.92 Å². The Morgan fingerprint density at radius 3 is 2.67 bits per heavy atom. The Balaban J connectivity index is 3.02. The molecule has 0 aliphatic heterocycles. The van der Waals surface area contributed by atoms with E-state index in [0.29, 0.717) is 0 Å². The van der Waals surface area contributed by atoms with Gasteiger partial charge in [-0.2, -0.15) is 8.78 Å². The number of rotatable bonds is 5. The second-order valence-corrected chi connectivity index (χ2v) is 3.31. The molecule has 0 amide bonds. The Morgan fingerprint density at radius 2 is 2.11 bits per heavy atom. The Labute approximate surface area is 101 Å². The summed E-state index contributed by atoms with van der Waals surface area (Å²) in [5.74, 6) is -2.06. The van der Waals surface area contributed by atoms with Crippen molar-refractivity contribution in [2.75, 3.05) is 12.3 Å². The number of esters is 1. The van der Waals surface area contributed by atoms with Gasteiger partial charge in [0, 0.05) is 5.56 Å². The largest absolute Gasteiger partial charge is 0.466 e. The summed E-state index contributed by atoms with van der Waals surface area (Å²) in [7, 11) is 0. The fraction of sp³-hybridized carbons (Fsp3) is 0.364. The number of nitrogens with two attached hydrogens (primary N) is 1. The highest BCUT2D eigenvalue weighted by Crippen LogP contribution is 2.31. The fourth-order valence-corrected chi connectivity index (χ4v) is 1.36. The number of alkyl halides is 2. The first-order valence-electron chi connectivity index (χ1n) is 5.13. The topological polar surface area (TPSA) is 61.5 Å². The van der Waals surface area contributed by atoms with Gasteiger partial charge in [-0.15, -0.1) is 0 Å². The molecule has 18 heavy (non-hydrogen) atoms. The first-order chi connectivity index (χ1) is 8.45. The SMILES string of the molecule is CCOC(=O)Cc1ccc(F)c(N)c1OC(F)F. The minimum absolute atomic E-state index is 0.0488. The van der Waals surface area contributed by atoms with Crippen LogP contribution in [0.3, 0.4) is 0 Å². The minimum atomic E-state index is -3.16. The molecule has 0 saturated heterocycles. The molecular weight excluding hydrogens is 251 g/mol. The van der Waals surface area contributed by atoms with Gasteiger partial charge >= 0.3 is 12.6 Å². The zero-order chi connectivity index (χ0) is 13.7. The number of anilines is 1. The Morgan fingerprint density at radius 1 is 1.44 bits per heavy atom. The summed E-state index contributed by atoms with van der Waals surface area (Å²) in [5.41, 5.74) is 4.79. The minimum Gasteiger partial charge on any atom is -0.466 e. The van der Waals surface area contributed by atoms with Gasteiger partial charge in [0.1, 0.15) is 11.5 Å². The Bertz CT molecular complexity index is 438. The molecule has 2 N–H and O–H groups in total. The lowest BCUT2D eigenvalue weighted by Crippen LogP contribution is -2.12. The van der Waals surface area contributed by atoms with Crippen LogP contribution in [-0.4, -0.2) is 19.2 Å². The van der Waals surface area contributed by atoms with Crippen molar-refractivity contribution in [3.8, 4) is 5.75 Å². The van der Waals surface area contributed by atoms with E-state index in [0.717, 1.165) is 12.1 Å². The van der Waals surface area contributed by atoms with E-state index in [2.05, 4.69) is 9.47 Å². The van der Waals surface area contributed by atoms with Crippen molar-refractivity contribution in [2.24, 2.45) is 0 Å². The van der Waals surface area contributed by atoms with E-state index in [1.807, 2.05) is 0 Å². The van der Waals surface area contributed by atoms with E-state index in [-0.39, 0.29) is 18.6 Å². The molecule has 1 aromatic rings. The second kappa shape index (κ2) is 6.13. The molecule has 0 bridgehead atoms. The summed E-state index contributed by atoms with van der Waals surface area (Å²) < 4.78 is 46.3. The maximum absolute atomic E-state index is 13.1. The number of hydrogen-bond donors (Lipinski definition) is 1. The average molecular weight is 263 g/mol. The molecule has 0 aromatic heterocycles. The summed E-state index contributed by atoms with van der Waals surface area (Å²) in [4.78, 5) is 11.2. The lowest BCUT2D eigenvalue weighted by atomic mass is 10.1. The third-order valence-electron chi connectivity index (χ3n) is 2.07. The summed E-state index contributed by atoms with van der Waals surface area (Å²) in [5, 5.41) is 0. The van der Waals surface area contributed by atoms with Gasteiger partial charge in [0.15, 0.2) is 5.75 Å². The molecule has 0 atom stereocenters. The van der Waals surface area contributed by atoms with Gasteiger partial charge in [-0.05, 0) is 13.0 Å². The van der Waals surface area contributed by atoms with Crippen LogP contribution < -0.4 is 10.5 Å². The summed E-state index contributed by atoms with van der Waals surface area (Å²) >= 11 is 0. The van der Waals surface area contributed by atoms with Crippen molar-refractivity contribution in [1.29, 1.82) is 0 Å². The molecule has 1 rings (SSSR count). The van der Waals surface area contributed by atoms with E-state index in [9.17, 15) is 18.0 Å². The van der Waals surface area contributed by atoms with Crippen LogP contribution in [0, 0.1) is 5.82 Å². The molecule has 7 heteroatoms. The van der Waals surface area contributed by atoms with Crippen LogP contribution in [0.4, 0.5) is 18.9 Å². The number of ether oxygens (including phenoxy) is 2. The van der Waals surface area contributed by atoms with Gasteiger partial charge < -0.3 is 15.2 Å². The summed E-state index contributed by atoms with van der Waals surface area (Å²) in [6.45, 7) is -1.40. The zero-order valence-corrected chi connectivity index (χ0v) is 9.58. The molecule has 0 fully saturated rings. The lowest BCUT2D eigenvalue weighted by Gasteiger charge is -2.13. The molecule has 0 radical (unpaired) electrons. The van der Waals surface area contributed by atoms with Crippen LogP contribution in [0.5, 0.6) is 5.75 Å². The van der Waals surface area contributed by atoms with Gasteiger partial charge in [0.25, 0.3) is 0 Å². The number of nitrogen functional groups attached to an aromatic ring is 1. The van der Waals surface area contributed by atoms with E-state index >= 15 is 0 Å². The van der Waals surface area contributed by atoms with Crippen LogP contribution in [0.25, 0.3) is 0 Å². The van der Waals surface area contributed by atoms with Crippen molar-refractivity contribution >= 4 is 11.7 Å². The first-order valence-corrected chi connectivity index (χ1v) is 5.13. The van der Waals surface area contributed by atoms with Crippen LogP contribution in [-0.2, 0) is 16.0 Å². The highest BCUT2D eigenvalue weighted by atomic mass is 19.3. The van der Waals surface area contributed by atoms with Crippen LogP contribution in [0.1, 0.15) is 12.5 Å². The van der Waals surface area contributed by atoms with Gasteiger partial charge in [-0.3, -0.25) is 4.79 Å². The third-order valence-corrected chi connectivity index (χ3v) is 2.07. The first kappa shape index (κ1) is 14.1.